The van der Waals surface area contributed by atoms with E-state index >= 15 is 0 Å². The summed E-state index contributed by atoms with van der Waals surface area (Å²) in [7, 11) is 1.59. The SMILES string of the molecule is COc1ccc(C(=O)Cc2ccncn2)cc1. The number of Topliss-reactive ketones (excluding diaryl/α,β-unsaturated/α-hetero) is 1. The molecule has 0 saturated carbocycles. The normalized spacial score (nSPS) is 9.94. The van der Waals surface area contributed by atoms with Crippen LogP contribution in [0.5, 0.6) is 5.75 Å². The number of benzene rings is 1. The lowest BCUT2D eigenvalue weighted by molar-refractivity contribution is 0.0992. The van der Waals surface area contributed by atoms with E-state index < -0.39 is 0 Å². The molecule has 0 aliphatic rings. The van der Waals surface area contributed by atoms with Crippen LogP contribution >= 0.6 is 0 Å². The molecule has 0 aliphatic carbocycles. The molecule has 0 atom stereocenters. The maximum Gasteiger partial charge on any atom is 0.168 e. The number of carbonyl (C=O) groups excluding carboxylic acids is 1. The minimum atomic E-state index is 0.0337. The van der Waals surface area contributed by atoms with Gasteiger partial charge in [-0.1, -0.05) is 0 Å². The van der Waals surface area contributed by atoms with E-state index in [2.05, 4.69) is 9.97 Å². The van der Waals surface area contributed by atoms with Gasteiger partial charge >= 0.3 is 0 Å². The Hall–Kier alpha value is -2.23. The molecule has 1 heterocycles. The quantitative estimate of drug-likeness (QED) is 0.750. The van der Waals surface area contributed by atoms with Crippen molar-refractivity contribution in [3.63, 3.8) is 0 Å². The first kappa shape index (κ1) is 11.3. The molecule has 17 heavy (non-hydrogen) atoms. The summed E-state index contributed by atoms with van der Waals surface area (Å²) in [5.74, 6) is 0.773. The molecule has 0 amide bonds. The molecule has 0 bridgehead atoms. The van der Waals surface area contributed by atoms with Crippen molar-refractivity contribution in [3.05, 3.63) is 54.1 Å². The molecule has 0 unspecified atom stereocenters. The predicted molar refractivity (Wildman–Crippen MR) is 63.1 cm³/mol. The monoisotopic (exact) mass is 228 g/mol. The lowest BCUT2D eigenvalue weighted by Gasteiger charge is -2.02. The highest BCUT2D eigenvalue weighted by molar-refractivity contribution is 5.97. The van der Waals surface area contributed by atoms with E-state index in [1.54, 1.807) is 43.6 Å². The van der Waals surface area contributed by atoms with E-state index in [0.717, 1.165) is 11.4 Å². The first-order chi connectivity index (χ1) is 8.29. The summed E-state index contributed by atoms with van der Waals surface area (Å²) in [5, 5.41) is 0. The van der Waals surface area contributed by atoms with E-state index in [1.807, 2.05) is 0 Å². The van der Waals surface area contributed by atoms with Crippen molar-refractivity contribution in [1.29, 1.82) is 0 Å². The smallest absolute Gasteiger partial charge is 0.168 e. The zero-order valence-corrected chi connectivity index (χ0v) is 9.46. The summed E-state index contributed by atoms with van der Waals surface area (Å²) >= 11 is 0. The summed E-state index contributed by atoms with van der Waals surface area (Å²) < 4.78 is 5.04. The minimum Gasteiger partial charge on any atom is -0.497 e. The average molecular weight is 228 g/mol. The molecular formula is C13H12N2O2. The van der Waals surface area contributed by atoms with Crippen molar-refractivity contribution in [3.8, 4) is 5.75 Å². The number of carbonyl (C=O) groups is 1. The van der Waals surface area contributed by atoms with Gasteiger partial charge in [0.1, 0.15) is 12.1 Å². The molecule has 0 N–H and O–H groups in total. The molecule has 0 spiro atoms. The standard InChI is InChI=1S/C13H12N2O2/c1-17-12-4-2-10(3-5-12)13(16)8-11-6-7-14-9-15-11/h2-7,9H,8H2,1H3. The number of methoxy groups -OCH3 is 1. The molecule has 0 saturated heterocycles. The van der Waals surface area contributed by atoms with Crippen molar-refractivity contribution < 1.29 is 9.53 Å². The van der Waals surface area contributed by atoms with Gasteiger partial charge in [-0.25, -0.2) is 9.97 Å². The predicted octanol–water partition coefficient (Wildman–Crippen LogP) is 1.91. The van der Waals surface area contributed by atoms with Gasteiger partial charge in [0.15, 0.2) is 5.78 Å². The Balaban J connectivity index is 2.09. The molecule has 4 nitrogen and oxygen atoms in total. The number of ketones is 1. The van der Waals surface area contributed by atoms with E-state index in [4.69, 9.17) is 4.74 Å². The van der Waals surface area contributed by atoms with Crippen LogP contribution in [0.15, 0.2) is 42.9 Å². The van der Waals surface area contributed by atoms with E-state index in [9.17, 15) is 4.79 Å². The molecule has 1 aromatic heterocycles. The highest BCUT2D eigenvalue weighted by atomic mass is 16.5. The van der Waals surface area contributed by atoms with Crippen LogP contribution in [0.1, 0.15) is 16.1 Å². The Bertz CT molecular complexity index is 495. The number of ether oxygens (including phenoxy) is 1. The largest absolute Gasteiger partial charge is 0.497 e. The van der Waals surface area contributed by atoms with Gasteiger partial charge < -0.3 is 4.74 Å². The summed E-state index contributed by atoms with van der Waals surface area (Å²) in [4.78, 5) is 19.7. The Labute approximate surface area is 99.3 Å². The Morgan fingerprint density at radius 3 is 2.59 bits per heavy atom. The van der Waals surface area contributed by atoms with Crippen LogP contribution in [0.25, 0.3) is 0 Å². The van der Waals surface area contributed by atoms with Crippen molar-refractivity contribution in [2.45, 2.75) is 6.42 Å². The van der Waals surface area contributed by atoms with Crippen LogP contribution in [0, 0.1) is 0 Å². The number of hydrogen-bond donors (Lipinski definition) is 0. The highest BCUT2D eigenvalue weighted by Gasteiger charge is 2.07. The van der Waals surface area contributed by atoms with Crippen LogP contribution in [-0.4, -0.2) is 22.9 Å². The third-order valence-electron chi connectivity index (χ3n) is 2.40. The second-order valence-electron chi connectivity index (χ2n) is 3.53. The number of aromatic nitrogens is 2. The molecule has 2 aromatic rings. The number of nitrogens with zero attached hydrogens (tertiary/aromatic N) is 2. The molecule has 4 heteroatoms. The van der Waals surface area contributed by atoms with Crippen molar-refractivity contribution in [1.82, 2.24) is 9.97 Å². The molecule has 0 radical (unpaired) electrons. The molecule has 0 aliphatic heterocycles. The molecule has 1 aromatic carbocycles. The Kier molecular flexibility index (Phi) is 3.45. The molecular weight excluding hydrogens is 216 g/mol. The third-order valence-corrected chi connectivity index (χ3v) is 2.40. The van der Waals surface area contributed by atoms with Gasteiger partial charge in [0.2, 0.25) is 0 Å². The maximum absolute atomic E-state index is 11.9. The van der Waals surface area contributed by atoms with Gasteiger partial charge in [0.25, 0.3) is 0 Å². The summed E-state index contributed by atoms with van der Waals surface area (Å²) in [5.41, 5.74) is 1.38. The van der Waals surface area contributed by atoms with E-state index in [1.165, 1.54) is 6.33 Å². The highest BCUT2D eigenvalue weighted by Crippen LogP contribution is 2.12. The summed E-state index contributed by atoms with van der Waals surface area (Å²) in [6, 6.07) is 8.78. The molecule has 86 valence electrons. The average Bonchev–Trinajstić information content (AvgIpc) is 2.40. The zero-order chi connectivity index (χ0) is 12.1. The van der Waals surface area contributed by atoms with Crippen molar-refractivity contribution >= 4 is 5.78 Å². The Morgan fingerprint density at radius 1 is 1.24 bits per heavy atom. The topological polar surface area (TPSA) is 52.1 Å². The molecule has 2 rings (SSSR count). The zero-order valence-electron chi connectivity index (χ0n) is 9.46. The first-order valence-corrected chi connectivity index (χ1v) is 5.22. The van der Waals surface area contributed by atoms with Crippen LogP contribution in [0.2, 0.25) is 0 Å². The van der Waals surface area contributed by atoms with Gasteiger partial charge in [0, 0.05) is 11.8 Å². The van der Waals surface area contributed by atoms with Gasteiger partial charge in [-0.05, 0) is 30.3 Å². The number of rotatable bonds is 4. The minimum absolute atomic E-state index is 0.0337. The number of hydrogen-bond acceptors (Lipinski definition) is 4. The summed E-state index contributed by atoms with van der Waals surface area (Å²) in [6.07, 6.45) is 3.36. The fraction of sp³-hybridized carbons (Fsp3) is 0.154. The lowest BCUT2D eigenvalue weighted by atomic mass is 10.1. The van der Waals surface area contributed by atoms with E-state index in [0.29, 0.717) is 5.56 Å². The first-order valence-electron chi connectivity index (χ1n) is 5.22. The van der Waals surface area contributed by atoms with Gasteiger partial charge in [-0.15, -0.1) is 0 Å². The van der Waals surface area contributed by atoms with Crippen LogP contribution in [0.3, 0.4) is 0 Å². The second-order valence-corrected chi connectivity index (χ2v) is 3.53. The summed E-state index contributed by atoms with van der Waals surface area (Å²) in [6.45, 7) is 0. The van der Waals surface area contributed by atoms with Crippen LogP contribution < -0.4 is 4.74 Å². The van der Waals surface area contributed by atoms with Crippen molar-refractivity contribution in [2.24, 2.45) is 0 Å². The van der Waals surface area contributed by atoms with Gasteiger partial charge in [-0.3, -0.25) is 4.79 Å². The van der Waals surface area contributed by atoms with Crippen molar-refractivity contribution in [2.75, 3.05) is 7.11 Å². The van der Waals surface area contributed by atoms with Crippen LogP contribution in [-0.2, 0) is 6.42 Å². The third kappa shape index (κ3) is 2.87. The fourth-order valence-corrected chi connectivity index (χ4v) is 1.47. The maximum atomic E-state index is 11.9. The van der Waals surface area contributed by atoms with E-state index in [-0.39, 0.29) is 12.2 Å². The fourth-order valence-electron chi connectivity index (χ4n) is 1.47. The Morgan fingerprint density at radius 2 is 2.00 bits per heavy atom. The van der Waals surface area contributed by atoms with Gasteiger partial charge in [-0.2, -0.15) is 0 Å². The second kappa shape index (κ2) is 5.21. The molecule has 0 fully saturated rings. The lowest BCUT2D eigenvalue weighted by Crippen LogP contribution is -2.05. The van der Waals surface area contributed by atoms with Crippen LogP contribution in [0.4, 0.5) is 0 Å². The van der Waals surface area contributed by atoms with Gasteiger partial charge in [0.05, 0.1) is 19.2 Å².